The number of nitrogens with zero attached hydrogens (tertiary/aromatic N) is 3. The predicted octanol–water partition coefficient (Wildman–Crippen LogP) is 4.48. The summed E-state index contributed by atoms with van der Waals surface area (Å²) in [5, 5.41) is 3.66. The van der Waals surface area contributed by atoms with Gasteiger partial charge in [0, 0.05) is 23.9 Å². The van der Waals surface area contributed by atoms with Crippen molar-refractivity contribution in [3.8, 4) is 11.3 Å². The van der Waals surface area contributed by atoms with Crippen molar-refractivity contribution >= 4 is 17.5 Å². The summed E-state index contributed by atoms with van der Waals surface area (Å²) >= 11 is 0. The lowest BCUT2D eigenvalue weighted by atomic mass is 9.88. The lowest BCUT2D eigenvalue weighted by Crippen LogP contribution is -2.28. The monoisotopic (exact) mass is 428 g/mol. The lowest BCUT2D eigenvalue weighted by molar-refractivity contribution is -0.138. The summed E-state index contributed by atoms with van der Waals surface area (Å²) in [6.45, 7) is 3.02. The molecule has 1 N–H and O–H groups in total. The Morgan fingerprint density at radius 1 is 1.12 bits per heavy atom. The molecule has 0 saturated heterocycles. The smallest absolute Gasteiger partial charge is 0.325 e. The van der Waals surface area contributed by atoms with E-state index in [0.717, 1.165) is 54.4 Å². The van der Waals surface area contributed by atoms with Crippen LogP contribution < -0.4 is 10.2 Å². The number of fused-ring (bicyclic) bond motifs is 2. The van der Waals surface area contributed by atoms with Gasteiger partial charge < -0.3 is 15.0 Å². The van der Waals surface area contributed by atoms with Gasteiger partial charge in [0.15, 0.2) is 0 Å². The van der Waals surface area contributed by atoms with Crippen LogP contribution in [0.4, 0.5) is 11.5 Å². The summed E-state index contributed by atoms with van der Waals surface area (Å²) in [5.74, 6) is 1.36. The van der Waals surface area contributed by atoms with E-state index in [1.165, 1.54) is 30.2 Å². The molecule has 0 spiro atoms. The van der Waals surface area contributed by atoms with E-state index < -0.39 is 0 Å². The second kappa shape index (κ2) is 8.61. The molecule has 2 aromatic carbocycles. The Bertz CT molecular complexity index is 1160. The Morgan fingerprint density at radius 2 is 2.00 bits per heavy atom. The van der Waals surface area contributed by atoms with Crippen molar-refractivity contribution in [2.45, 2.75) is 38.6 Å². The Morgan fingerprint density at radius 3 is 2.88 bits per heavy atom. The van der Waals surface area contributed by atoms with Crippen LogP contribution in [-0.2, 0) is 22.4 Å². The van der Waals surface area contributed by atoms with E-state index in [0.29, 0.717) is 0 Å². The van der Waals surface area contributed by atoms with Crippen LogP contribution in [0, 0.1) is 6.92 Å². The third-order valence-electron chi connectivity index (χ3n) is 6.45. The van der Waals surface area contributed by atoms with Gasteiger partial charge in [-0.2, -0.15) is 0 Å². The number of carbonyl (C=O) groups is 1. The number of anilines is 2. The molecule has 1 atom stereocenters. The summed E-state index contributed by atoms with van der Waals surface area (Å²) in [4.78, 5) is 23.3. The first-order valence-corrected chi connectivity index (χ1v) is 11.3. The number of nitrogens with one attached hydrogen (secondary N) is 1. The fourth-order valence-corrected chi connectivity index (χ4v) is 4.86. The molecule has 6 heteroatoms. The number of ether oxygens (including phenoxy) is 1. The van der Waals surface area contributed by atoms with Gasteiger partial charge >= 0.3 is 5.97 Å². The maximum absolute atomic E-state index is 11.8. The van der Waals surface area contributed by atoms with Crippen LogP contribution in [-0.4, -0.2) is 36.1 Å². The van der Waals surface area contributed by atoms with Crippen molar-refractivity contribution in [3.05, 3.63) is 71.0 Å². The van der Waals surface area contributed by atoms with Crippen LogP contribution in [0.5, 0.6) is 0 Å². The number of hydrogen-bond acceptors (Lipinski definition) is 6. The highest BCUT2D eigenvalue weighted by molar-refractivity contribution is 5.79. The number of carbonyl (C=O) groups excluding carboxylic acids is 1. The standard InChI is InChI=1S/C26H28N4O2/c1-17-27-23(20-11-10-19-12-13-30(24(19)14-20)16-26(31)32-2)15-25(28-17)29-22-9-5-7-18-6-3-4-8-21(18)22/h3-4,6,8,10-11,14-15,22H,5,7,9,12-13,16H2,1-2H3,(H,27,28,29)/t22-/m1/s1. The van der Waals surface area contributed by atoms with Crippen molar-refractivity contribution in [2.24, 2.45) is 0 Å². The van der Waals surface area contributed by atoms with E-state index in [1.807, 2.05) is 13.0 Å². The van der Waals surface area contributed by atoms with Gasteiger partial charge in [0.2, 0.25) is 0 Å². The van der Waals surface area contributed by atoms with Crippen LogP contribution in [0.15, 0.2) is 48.5 Å². The first-order chi connectivity index (χ1) is 15.6. The van der Waals surface area contributed by atoms with Crippen molar-refractivity contribution in [1.29, 1.82) is 0 Å². The van der Waals surface area contributed by atoms with Crippen molar-refractivity contribution in [1.82, 2.24) is 9.97 Å². The highest BCUT2D eigenvalue weighted by Gasteiger charge is 2.23. The fraction of sp³-hybridized carbons (Fsp3) is 0.346. The van der Waals surface area contributed by atoms with Crippen molar-refractivity contribution < 1.29 is 9.53 Å². The molecule has 164 valence electrons. The molecule has 0 amide bonds. The SMILES string of the molecule is COC(=O)CN1CCc2ccc(-c3cc(N[C@@H]4CCCc5ccccc54)nc(C)n3)cc21. The van der Waals surface area contributed by atoms with Crippen LogP contribution >= 0.6 is 0 Å². The predicted molar refractivity (Wildman–Crippen MR) is 126 cm³/mol. The minimum Gasteiger partial charge on any atom is -0.468 e. The van der Waals surface area contributed by atoms with Gasteiger partial charge in [0.25, 0.3) is 0 Å². The zero-order chi connectivity index (χ0) is 22.1. The molecular formula is C26H28N4O2. The van der Waals surface area contributed by atoms with Crippen LogP contribution in [0.25, 0.3) is 11.3 Å². The number of hydrogen-bond donors (Lipinski definition) is 1. The van der Waals surface area contributed by atoms with Gasteiger partial charge in [-0.25, -0.2) is 9.97 Å². The quantitative estimate of drug-likeness (QED) is 0.605. The van der Waals surface area contributed by atoms with Gasteiger partial charge in [-0.15, -0.1) is 0 Å². The molecule has 1 aliphatic heterocycles. The second-order valence-corrected chi connectivity index (χ2v) is 8.56. The number of benzene rings is 2. The fourth-order valence-electron chi connectivity index (χ4n) is 4.86. The topological polar surface area (TPSA) is 67.3 Å². The van der Waals surface area contributed by atoms with Crippen molar-refractivity contribution in [2.75, 3.05) is 30.4 Å². The third-order valence-corrected chi connectivity index (χ3v) is 6.45. The number of esters is 1. The molecule has 0 fully saturated rings. The van der Waals surface area contributed by atoms with Gasteiger partial charge in [-0.1, -0.05) is 36.4 Å². The number of methoxy groups -OCH3 is 1. The third kappa shape index (κ3) is 4.05. The number of aryl methyl sites for hydroxylation is 2. The summed E-state index contributed by atoms with van der Waals surface area (Å²) in [7, 11) is 1.43. The first-order valence-electron chi connectivity index (χ1n) is 11.3. The highest BCUT2D eigenvalue weighted by Crippen LogP contribution is 2.35. The molecule has 1 aliphatic carbocycles. The maximum atomic E-state index is 11.8. The Kier molecular flexibility index (Phi) is 5.52. The number of aromatic nitrogens is 2. The van der Waals surface area contributed by atoms with Crippen molar-refractivity contribution in [3.63, 3.8) is 0 Å². The average molecular weight is 429 g/mol. The van der Waals surface area contributed by atoms with E-state index in [9.17, 15) is 4.79 Å². The molecule has 5 rings (SSSR count). The molecule has 2 aliphatic rings. The largest absolute Gasteiger partial charge is 0.468 e. The molecular weight excluding hydrogens is 400 g/mol. The molecule has 32 heavy (non-hydrogen) atoms. The van der Waals surface area contributed by atoms with Crippen LogP contribution in [0.2, 0.25) is 0 Å². The van der Waals surface area contributed by atoms with E-state index in [4.69, 9.17) is 9.72 Å². The Labute approximate surface area is 188 Å². The van der Waals surface area contributed by atoms with Crippen LogP contribution in [0.1, 0.15) is 41.4 Å². The molecule has 3 aromatic rings. The van der Waals surface area contributed by atoms with Gasteiger partial charge in [-0.05, 0) is 55.4 Å². The summed E-state index contributed by atoms with van der Waals surface area (Å²) < 4.78 is 4.86. The summed E-state index contributed by atoms with van der Waals surface area (Å²) in [5.41, 5.74) is 7.04. The molecule has 0 radical (unpaired) electrons. The normalized spacial score (nSPS) is 16.9. The zero-order valence-electron chi connectivity index (χ0n) is 18.6. The molecule has 0 unspecified atom stereocenters. The lowest BCUT2D eigenvalue weighted by Gasteiger charge is -2.27. The molecule has 2 heterocycles. The Balaban J connectivity index is 1.43. The van der Waals surface area contributed by atoms with Gasteiger partial charge in [0.1, 0.15) is 18.2 Å². The first kappa shape index (κ1) is 20.5. The maximum Gasteiger partial charge on any atom is 0.325 e. The van der Waals surface area contributed by atoms with E-state index in [-0.39, 0.29) is 18.6 Å². The molecule has 6 nitrogen and oxygen atoms in total. The second-order valence-electron chi connectivity index (χ2n) is 8.56. The minimum absolute atomic E-state index is 0.222. The summed E-state index contributed by atoms with van der Waals surface area (Å²) in [6.07, 6.45) is 4.34. The van der Waals surface area contributed by atoms with E-state index >= 15 is 0 Å². The zero-order valence-corrected chi connectivity index (χ0v) is 18.6. The highest BCUT2D eigenvalue weighted by atomic mass is 16.5. The molecule has 0 bridgehead atoms. The Hall–Kier alpha value is -3.41. The van der Waals surface area contributed by atoms with Crippen LogP contribution in [0.3, 0.4) is 0 Å². The molecule has 0 saturated carbocycles. The van der Waals surface area contributed by atoms with Gasteiger partial charge in [-0.3, -0.25) is 4.79 Å². The average Bonchev–Trinajstić information content (AvgIpc) is 3.20. The number of rotatable bonds is 5. The molecule has 1 aromatic heterocycles. The minimum atomic E-state index is -0.222. The summed E-state index contributed by atoms with van der Waals surface area (Å²) in [6, 6.07) is 17.4. The van der Waals surface area contributed by atoms with Gasteiger partial charge in [0.05, 0.1) is 18.8 Å². The van der Waals surface area contributed by atoms with E-state index in [1.54, 1.807) is 0 Å². The van der Waals surface area contributed by atoms with E-state index in [2.05, 4.69) is 57.7 Å².